The van der Waals surface area contributed by atoms with Gasteiger partial charge >= 0.3 is 0 Å². The molecule has 0 unspecified atom stereocenters. The number of hydrogen-bond acceptors (Lipinski definition) is 4. The summed E-state index contributed by atoms with van der Waals surface area (Å²) >= 11 is 0. The van der Waals surface area contributed by atoms with E-state index in [0.717, 1.165) is 35.5 Å². The van der Waals surface area contributed by atoms with Gasteiger partial charge in [0.25, 0.3) is 0 Å². The highest BCUT2D eigenvalue weighted by Gasteiger charge is 2.14. The summed E-state index contributed by atoms with van der Waals surface area (Å²) in [7, 11) is 3.24. The van der Waals surface area contributed by atoms with E-state index < -0.39 is 0 Å². The second kappa shape index (κ2) is 7.95. The third-order valence-corrected chi connectivity index (χ3v) is 2.89. The molecule has 4 nitrogen and oxygen atoms in total. The fraction of sp³-hybridized carbons (Fsp3) is 0.571. The molecular weight excluding hydrogens is 232 g/mol. The summed E-state index contributed by atoms with van der Waals surface area (Å²) in [6.45, 7) is 0.329. The molecular formula is C14H22O4. The number of aliphatic hydroxyl groups excluding tert-OH is 2. The van der Waals surface area contributed by atoms with Gasteiger partial charge in [-0.2, -0.15) is 0 Å². The van der Waals surface area contributed by atoms with Crippen molar-refractivity contribution >= 4 is 0 Å². The Labute approximate surface area is 108 Å². The summed E-state index contributed by atoms with van der Waals surface area (Å²) in [6.07, 6.45) is 2.93. The topological polar surface area (TPSA) is 58.9 Å². The minimum Gasteiger partial charge on any atom is -0.493 e. The average molecular weight is 254 g/mol. The number of benzene rings is 1. The van der Waals surface area contributed by atoms with Crippen LogP contribution in [-0.2, 0) is 12.8 Å². The Hall–Kier alpha value is -1.26. The lowest BCUT2D eigenvalue weighted by Gasteiger charge is -2.16. The van der Waals surface area contributed by atoms with Gasteiger partial charge in [-0.3, -0.25) is 0 Å². The molecule has 0 aliphatic carbocycles. The van der Waals surface area contributed by atoms with Gasteiger partial charge in [0.2, 0.25) is 0 Å². The van der Waals surface area contributed by atoms with E-state index in [-0.39, 0.29) is 13.2 Å². The Balaban J connectivity index is 3.02. The molecule has 0 aliphatic rings. The maximum absolute atomic E-state index is 8.89. The molecule has 1 aromatic carbocycles. The third-order valence-electron chi connectivity index (χ3n) is 2.89. The van der Waals surface area contributed by atoms with Crippen molar-refractivity contribution in [2.24, 2.45) is 0 Å². The fourth-order valence-corrected chi connectivity index (χ4v) is 2.02. The maximum Gasteiger partial charge on any atom is 0.164 e. The molecule has 0 atom stereocenters. The van der Waals surface area contributed by atoms with Crippen LogP contribution in [-0.4, -0.2) is 37.6 Å². The Bertz CT molecular complexity index is 328. The van der Waals surface area contributed by atoms with Gasteiger partial charge in [-0.05, 0) is 36.8 Å². The van der Waals surface area contributed by atoms with Crippen molar-refractivity contribution in [2.75, 3.05) is 27.4 Å². The number of aryl methyl sites for hydroxylation is 2. The quantitative estimate of drug-likeness (QED) is 0.739. The standard InChI is InChI=1S/C14H22O4/c1-17-13-11(5-3-9-15)7-8-12(6-4-10-16)14(13)18-2/h7-8,15-16H,3-6,9-10H2,1-2H3. The zero-order valence-corrected chi connectivity index (χ0v) is 11.1. The van der Waals surface area contributed by atoms with E-state index in [1.807, 2.05) is 12.1 Å². The molecule has 0 amide bonds. The summed E-state index contributed by atoms with van der Waals surface area (Å²) in [5.41, 5.74) is 2.08. The van der Waals surface area contributed by atoms with Gasteiger partial charge in [-0.15, -0.1) is 0 Å². The first-order valence-electron chi connectivity index (χ1n) is 6.22. The molecule has 0 aromatic heterocycles. The van der Waals surface area contributed by atoms with Gasteiger partial charge in [-0.1, -0.05) is 12.1 Å². The number of ether oxygens (including phenoxy) is 2. The lowest BCUT2D eigenvalue weighted by molar-refractivity contribution is 0.285. The number of aliphatic hydroxyl groups is 2. The van der Waals surface area contributed by atoms with E-state index in [4.69, 9.17) is 19.7 Å². The molecule has 2 N–H and O–H groups in total. The molecule has 0 heterocycles. The monoisotopic (exact) mass is 254 g/mol. The number of rotatable bonds is 8. The van der Waals surface area contributed by atoms with Crippen LogP contribution in [0.4, 0.5) is 0 Å². The van der Waals surface area contributed by atoms with Gasteiger partial charge in [0.1, 0.15) is 0 Å². The van der Waals surface area contributed by atoms with E-state index >= 15 is 0 Å². The molecule has 0 bridgehead atoms. The van der Waals surface area contributed by atoms with E-state index in [1.54, 1.807) is 14.2 Å². The molecule has 1 aromatic rings. The highest BCUT2D eigenvalue weighted by atomic mass is 16.5. The first-order valence-corrected chi connectivity index (χ1v) is 6.22. The second-order valence-electron chi connectivity index (χ2n) is 4.10. The highest BCUT2D eigenvalue weighted by Crippen LogP contribution is 2.36. The van der Waals surface area contributed by atoms with E-state index in [2.05, 4.69) is 0 Å². The van der Waals surface area contributed by atoms with Crippen LogP contribution in [0.2, 0.25) is 0 Å². The zero-order chi connectivity index (χ0) is 13.4. The van der Waals surface area contributed by atoms with Gasteiger partial charge < -0.3 is 19.7 Å². The van der Waals surface area contributed by atoms with Crippen molar-refractivity contribution in [2.45, 2.75) is 25.7 Å². The lowest BCUT2D eigenvalue weighted by Crippen LogP contribution is -2.02. The van der Waals surface area contributed by atoms with Crippen LogP contribution in [0, 0.1) is 0 Å². The van der Waals surface area contributed by atoms with Crippen LogP contribution in [0.15, 0.2) is 12.1 Å². The lowest BCUT2D eigenvalue weighted by atomic mass is 10.0. The number of hydrogen-bond donors (Lipinski definition) is 2. The molecule has 0 saturated heterocycles. The predicted octanol–water partition coefficient (Wildman–Crippen LogP) is 1.55. The average Bonchev–Trinajstić information content (AvgIpc) is 2.42. The SMILES string of the molecule is COc1c(CCCO)ccc(CCCO)c1OC. The normalized spacial score (nSPS) is 10.4. The molecule has 0 saturated carbocycles. The van der Waals surface area contributed by atoms with Gasteiger partial charge in [-0.25, -0.2) is 0 Å². The Morgan fingerprint density at radius 3 is 1.50 bits per heavy atom. The van der Waals surface area contributed by atoms with E-state index in [0.29, 0.717) is 12.8 Å². The van der Waals surface area contributed by atoms with Crippen LogP contribution in [0.25, 0.3) is 0 Å². The zero-order valence-electron chi connectivity index (χ0n) is 11.1. The molecule has 0 fully saturated rings. The molecule has 1 rings (SSSR count). The van der Waals surface area contributed by atoms with E-state index in [1.165, 1.54) is 0 Å². The molecule has 0 aliphatic heterocycles. The van der Waals surface area contributed by atoms with Gasteiger partial charge in [0.15, 0.2) is 11.5 Å². The van der Waals surface area contributed by atoms with Gasteiger partial charge in [0, 0.05) is 13.2 Å². The van der Waals surface area contributed by atoms with Crippen molar-refractivity contribution in [3.63, 3.8) is 0 Å². The minimum atomic E-state index is 0.164. The summed E-state index contributed by atoms with van der Waals surface area (Å²) < 4.78 is 10.8. The van der Waals surface area contributed by atoms with Crippen LogP contribution < -0.4 is 9.47 Å². The second-order valence-corrected chi connectivity index (χ2v) is 4.10. The molecule has 4 heteroatoms. The Kier molecular flexibility index (Phi) is 6.54. The molecule has 18 heavy (non-hydrogen) atoms. The summed E-state index contributed by atoms with van der Waals surface area (Å²) in [4.78, 5) is 0. The van der Waals surface area contributed by atoms with Crippen molar-refractivity contribution in [3.05, 3.63) is 23.3 Å². The van der Waals surface area contributed by atoms with Crippen LogP contribution in [0.1, 0.15) is 24.0 Å². The fourth-order valence-electron chi connectivity index (χ4n) is 2.02. The van der Waals surface area contributed by atoms with Crippen molar-refractivity contribution in [1.82, 2.24) is 0 Å². The molecule has 0 spiro atoms. The summed E-state index contributed by atoms with van der Waals surface area (Å²) in [5.74, 6) is 1.47. The van der Waals surface area contributed by atoms with Crippen molar-refractivity contribution < 1.29 is 19.7 Å². The van der Waals surface area contributed by atoms with Gasteiger partial charge in [0.05, 0.1) is 14.2 Å². The Morgan fingerprint density at radius 1 is 0.833 bits per heavy atom. The van der Waals surface area contributed by atoms with Crippen LogP contribution in [0.5, 0.6) is 11.5 Å². The van der Waals surface area contributed by atoms with Crippen molar-refractivity contribution in [1.29, 1.82) is 0 Å². The molecule has 102 valence electrons. The highest BCUT2D eigenvalue weighted by molar-refractivity contribution is 5.52. The third kappa shape index (κ3) is 3.62. The number of methoxy groups -OCH3 is 2. The summed E-state index contributed by atoms with van der Waals surface area (Å²) in [6, 6.07) is 4.01. The summed E-state index contributed by atoms with van der Waals surface area (Å²) in [5, 5.41) is 17.8. The van der Waals surface area contributed by atoms with Crippen LogP contribution in [0.3, 0.4) is 0 Å². The minimum absolute atomic E-state index is 0.164. The Morgan fingerprint density at radius 2 is 1.22 bits per heavy atom. The first kappa shape index (κ1) is 14.8. The smallest absolute Gasteiger partial charge is 0.164 e. The first-order chi connectivity index (χ1) is 8.78. The molecule has 0 radical (unpaired) electrons. The van der Waals surface area contributed by atoms with Crippen molar-refractivity contribution in [3.8, 4) is 11.5 Å². The maximum atomic E-state index is 8.89. The van der Waals surface area contributed by atoms with Crippen LogP contribution >= 0.6 is 0 Å². The largest absolute Gasteiger partial charge is 0.493 e. The predicted molar refractivity (Wildman–Crippen MR) is 70.4 cm³/mol. The van der Waals surface area contributed by atoms with E-state index in [9.17, 15) is 0 Å².